The minimum Gasteiger partial charge on any atom is -0.465 e. The third kappa shape index (κ3) is 4.62. The molecule has 1 aromatic carbocycles. The van der Waals surface area contributed by atoms with Gasteiger partial charge in [-0.25, -0.2) is 4.79 Å². The van der Waals surface area contributed by atoms with E-state index < -0.39 is 5.97 Å². The molecule has 0 spiro atoms. The summed E-state index contributed by atoms with van der Waals surface area (Å²) < 4.78 is 4.68. The fourth-order valence-corrected chi connectivity index (χ4v) is 3.58. The van der Waals surface area contributed by atoms with E-state index in [-0.39, 0.29) is 29.7 Å². The summed E-state index contributed by atoms with van der Waals surface area (Å²) in [6, 6.07) is 6.86. The van der Waals surface area contributed by atoms with Gasteiger partial charge >= 0.3 is 5.97 Å². The second-order valence-corrected chi connectivity index (χ2v) is 7.21. The number of hydrogen-bond donors (Lipinski definition) is 2. The van der Waals surface area contributed by atoms with Gasteiger partial charge in [-0.15, -0.1) is 0 Å². The van der Waals surface area contributed by atoms with Crippen LogP contribution in [-0.2, 0) is 14.3 Å². The van der Waals surface area contributed by atoms with Crippen molar-refractivity contribution in [3.8, 4) is 0 Å². The molecule has 2 aliphatic carbocycles. The Morgan fingerprint density at radius 2 is 1.69 bits per heavy atom. The number of nitrogens with one attached hydrogen (secondary N) is 2. The highest BCUT2D eigenvalue weighted by Crippen LogP contribution is 2.40. The van der Waals surface area contributed by atoms with E-state index >= 15 is 0 Å². The second kappa shape index (κ2) is 8.34. The summed E-state index contributed by atoms with van der Waals surface area (Å²) in [5.74, 6) is -1.15. The quantitative estimate of drug-likeness (QED) is 0.626. The van der Waals surface area contributed by atoms with Crippen molar-refractivity contribution >= 4 is 23.5 Å². The highest BCUT2D eigenvalue weighted by molar-refractivity contribution is 6.00. The molecule has 2 N–H and O–H groups in total. The predicted octanol–water partition coefficient (Wildman–Crippen LogP) is 2.89. The highest BCUT2D eigenvalue weighted by atomic mass is 16.5. The standard InChI is InChI=1S/C20H26N2O4/c1-26-20(25)13-7-6-10-15(11-13)22-19(24)17-12-16(17)18(23)21-14-8-4-2-3-5-9-14/h6-7,10-11,14,16-17H,2-5,8-9,12H2,1H3,(H,21,23)(H,22,24). The van der Waals surface area contributed by atoms with Crippen LogP contribution < -0.4 is 10.6 Å². The first-order chi connectivity index (χ1) is 12.6. The van der Waals surface area contributed by atoms with E-state index in [9.17, 15) is 14.4 Å². The molecule has 2 saturated carbocycles. The summed E-state index contributed by atoms with van der Waals surface area (Å²) in [5.41, 5.74) is 0.913. The fourth-order valence-electron chi connectivity index (χ4n) is 3.58. The van der Waals surface area contributed by atoms with Crippen LogP contribution in [0.3, 0.4) is 0 Å². The zero-order chi connectivity index (χ0) is 18.5. The Kier molecular flexibility index (Phi) is 5.91. The number of benzene rings is 1. The minimum absolute atomic E-state index is 0.000335. The lowest BCUT2D eigenvalue weighted by Gasteiger charge is -2.16. The van der Waals surface area contributed by atoms with Crippen molar-refractivity contribution in [3.63, 3.8) is 0 Å². The van der Waals surface area contributed by atoms with Gasteiger partial charge in [0.2, 0.25) is 11.8 Å². The van der Waals surface area contributed by atoms with Crippen molar-refractivity contribution in [1.29, 1.82) is 0 Å². The molecule has 0 bridgehead atoms. The lowest BCUT2D eigenvalue weighted by Crippen LogP contribution is -2.36. The predicted molar refractivity (Wildman–Crippen MR) is 97.6 cm³/mol. The number of hydrogen-bond acceptors (Lipinski definition) is 4. The average molecular weight is 358 g/mol. The molecule has 6 nitrogen and oxygen atoms in total. The van der Waals surface area contributed by atoms with E-state index in [4.69, 9.17) is 0 Å². The van der Waals surface area contributed by atoms with Gasteiger partial charge in [0.1, 0.15) is 0 Å². The van der Waals surface area contributed by atoms with Crippen molar-refractivity contribution < 1.29 is 19.1 Å². The topological polar surface area (TPSA) is 84.5 Å². The molecule has 2 atom stereocenters. The monoisotopic (exact) mass is 358 g/mol. The summed E-state index contributed by atoms with van der Waals surface area (Å²) in [6.45, 7) is 0. The van der Waals surface area contributed by atoms with Crippen molar-refractivity contribution in [2.45, 2.75) is 51.0 Å². The summed E-state index contributed by atoms with van der Waals surface area (Å²) in [6.07, 6.45) is 7.47. The molecule has 0 saturated heterocycles. The molecular formula is C20H26N2O4. The van der Waals surface area contributed by atoms with Gasteiger partial charge in [0.05, 0.1) is 24.5 Å². The molecule has 2 unspecified atom stereocenters. The van der Waals surface area contributed by atoms with Gasteiger partial charge in [0.15, 0.2) is 0 Å². The van der Waals surface area contributed by atoms with Crippen LogP contribution in [-0.4, -0.2) is 30.9 Å². The normalized spacial score (nSPS) is 22.8. The SMILES string of the molecule is COC(=O)c1cccc(NC(=O)C2CC2C(=O)NC2CCCCCC2)c1. The van der Waals surface area contributed by atoms with E-state index in [2.05, 4.69) is 15.4 Å². The molecule has 3 rings (SSSR count). The molecule has 140 valence electrons. The molecule has 1 aromatic rings. The van der Waals surface area contributed by atoms with E-state index in [1.807, 2.05) is 0 Å². The van der Waals surface area contributed by atoms with Crippen molar-refractivity contribution in [2.75, 3.05) is 12.4 Å². The molecule has 0 aromatic heterocycles. The smallest absolute Gasteiger partial charge is 0.337 e. The molecule has 26 heavy (non-hydrogen) atoms. The molecule has 0 heterocycles. The Balaban J connectivity index is 1.51. The molecule has 6 heteroatoms. The number of esters is 1. The minimum atomic E-state index is -0.451. The van der Waals surface area contributed by atoms with Gasteiger partial charge in [0.25, 0.3) is 0 Å². The van der Waals surface area contributed by atoms with Crippen molar-refractivity contribution in [2.24, 2.45) is 11.8 Å². The van der Waals surface area contributed by atoms with Crippen LogP contribution >= 0.6 is 0 Å². The highest BCUT2D eigenvalue weighted by Gasteiger charge is 2.48. The first kappa shape index (κ1) is 18.4. The van der Waals surface area contributed by atoms with Gasteiger partial charge in [-0.05, 0) is 37.5 Å². The molecule has 2 aliphatic rings. The van der Waals surface area contributed by atoms with Gasteiger partial charge in [-0.2, -0.15) is 0 Å². The van der Waals surface area contributed by atoms with Crippen molar-refractivity contribution in [3.05, 3.63) is 29.8 Å². The maximum atomic E-state index is 12.4. The van der Waals surface area contributed by atoms with E-state index in [1.165, 1.54) is 20.0 Å². The number of amides is 2. The Labute approximate surface area is 153 Å². The number of ether oxygens (including phenoxy) is 1. The number of methoxy groups -OCH3 is 1. The first-order valence-electron chi connectivity index (χ1n) is 9.38. The number of carbonyl (C=O) groups is 3. The van der Waals surface area contributed by atoms with E-state index in [0.717, 1.165) is 25.7 Å². The van der Waals surface area contributed by atoms with Crippen LogP contribution in [0.4, 0.5) is 5.69 Å². The molecule has 2 fully saturated rings. The lowest BCUT2D eigenvalue weighted by atomic mass is 10.1. The summed E-state index contributed by atoms with van der Waals surface area (Å²) >= 11 is 0. The van der Waals surface area contributed by atoms with E-state index in [1.54, 1.807) is 24.3 Å². The lowest BCUT2D eigenvalue weighted by molar-refractivity contribution is -0.125. The van der Waals surface area contributed by atoms with E-state index in [0.29, 0.717) is 17.7 Å². The maximum Gasteiger partial charge on any atom is 0.337 e. The van der Waals surface area contributed by atoms with Crippen LogP contribution in [0.5, 0.6) is 0 Å². The number of carbonyl (C=O) groups excluding carboxylic acids is 3. The van der Waals surface area contributed by atoms with Crippen LogP contribution in [0.2, 0.25) is 0 Å². The van der Waals surface area contributed by atoms with Gasteiger partial charge < -0.3 is 15.4 Å². The first-order valence-corrected chi connectivity index (χ1v) is 9.38. The Bertz CT molecular complexity index is 680. The van der Waals surface area contributed by atoms with Crippen LogP contribution in [0.1, 0.15) is 55.3 Å². The number of rotatable bonds is 5. The van der Waals surface area contributed by atoms with Crippen LogP contribution in [0, 0.1) is 11.8 Å². The van der Waals surface area contributed by atoms with Crippen molar-refractivity contribution in [1.82, 2.24) is 5.32 Å². The Hall–Kier alpha value is -2.37. The fraction of sp³-hybridized carbons (Fsp3) is 0.550. The maximum absolute atomic E-state index is 12.4. The summed E-state index contributed by atoms with van der Waals surface area (Å²) in [7, 11) is 1.31. The Morgan fingerprint density at radius 1 is 1.00 bits per heavy atom. The van der Waals surface area contributed by atoms with Gasteiger partial charge in [-0.3, -0.25) is 9.59 Å². The third-order valence-electron chi connectivity index (χ3n) is 5.22. The summed E-state index contributed by atoms with van der Waals surface area (Å²) in [4.78, 5) is 36.3. The summed E-state index contributed by atoms with van der Waals surface area (Å²) in [5, 5.41) is 5.92. The van der Waals surface area contributed by atoms with Crippen LogP contribution in [0.15, 0.2) is 24.3 Å². The van der Waals surface area contributed by atoms with Crippen LogP contribution in [0.25, 0.3) is 0 Å². The number of anilines is 1. The largest absolute Gasteiger partial charge is 0.465 e. The molecular weight excluding hydrogens is 332 g/mol. The second-order valence-electron chi connectivity index (χ2n) is 7.21. The molecule has 0 aliphatic heterocycles. The van der Waals surface area contributed by atoms with Gasteiger partial charge in [-0.1, -0.05) is 31.7 Å². The molecule has 0 radical (unpaired) electrons. The molecule has 2 amide bonds. The Morgan fingerprint density at radius 3 is 2.38 bits per heavy atom. The third-order valence-corrected chi connectivity index (χ3v) is 5.22. The zero-order valence-electron chi connectivity index (χ0n) is 15.1. The van der Waals surface area contributed by atoms with Gasteiger partial charge in [0, 0.05) is 11.7 Å². The average Bonchev–Trinajstić information content (AvgIpc) is 3.46. The zero-order valence-corrected chi connectivity index (χ0v) is 15.1.